The quantitative estimate of drug-likeness (QED) is 0.624. The van der Waals surface area contributed by atoms with Gasteiger partial charge >= 0.3 is 6.18 Å². The first-order chi connectivity index (χ1) is 14.4. The molecule has 3 aromatic rings. The Morgan fingerprint density at radius 1 is 1.35 bits per heavy atom. The molecule has 13 heteroatoms. The van der Waals surface area contributed by atoms with E-state index < -0.39 is 39.4 Å². The number of fused-ring (bicyclic) bond motifs is 1. The maximum atomic E-state index is 13.7. The molecular formula is C18H16ClF3N4O4S. The average Bonchev–Trinajstić information content (AvgIpc) is 3.39. The number of nitrogens with one attached hydrogen (secondary N) is 1. The van der Waals surface area contributed by atoms with Gasteiger partial charge in [0.15, 0.2) is 11.3 Å². The van der Waals surface area contributed by atoms with Crippen LogP contribution in [0.15, 0.2) is 35.3 Å². The third kappa shape index (κ3) is 4.27. The van der Waals surface area contributed by atoms with Gasteiger partial charge in [-0.1, -0.05) is 11.6 Å². The first kappa shape index (κ1) is 21.7. The summed E-state index contributed by atoms with van der Waals surface area (Å²) in [5.74, 6) is -0.676. The van der Waals surface area contributed by atoms with Crippen molar-refractivity contribution in [1.82, 2.24) is 19.0 Å². The second-order valence-electron chi connectivity index (χ2n) is 7.22. The summed E-state index contributed by atoms with van der Waals surface area (Å²) in [7, 11) is -3.46. The number of amides is 1. The van der Waals surface area contributed by atoms with E-state index >= 15 is 0 Å². The normalized spacial score (nSPS) is 17.6. The molecule has 1 aliphatic rings. The third-order valence-electron chi connectivity index (χ3n) is 4.88. The van der Waals surface area contributed by atoms with Crippen LogP contribution in [0.1, 0.15) is 22.5 Å². The largest absolute Gasteiger partial charge is 0.472 e. The number of furan rings is 1. The van der Waals surface area contributed by atoms with Crippen LogP contribution >= 0.6 is 11.6 Å². The smallest absolute Gasteiger partial charge is 0.420 e. The fraction of sp³-hybridized carbons (Fsp3) is 0.333. The van der Waals surface area contributed by atoms with Crippen molar-refractivity contribution in [1.29, 1.82) is 0 Å². The molecule has 0 bridgehead atoms. The van der Waals surface area contributed by atoms with Gasteiger partial charge < -0.3 is 9.32 Å². The van der Waals surface area contributed by atoms with Gasteiger partial charge in [-0.05, 0) is 18.6 Å². The maximum absolute atomic E-state index is 13.7. The van der Waals surface area contributed by atoms with E-state index in [0.717, 1.165) is 16.7 Å². The molecule has 1 aliphatic heterocycles. The molecule has 0 aromatic carbocycles. The van der Waals surface area contributed by atoms with Crippen molar-refractivity contribution in [3.8, 4) is 11.1 Å². The van der Waals surface area contributed by atoms with Gasteiger partial charge in [0.05, 0.1) is 24.3 Å². The predicted molar refractivity (Wildman–Crippen MR) is 105 cm³/mol. The van der Waals surface area contributed by atoms with Crippen LogP contribution in [0.3, 0.4) is 0 Å². The van der Waals surface area contributed by atoms with Crippen molar-refractivity contribution in [3.05, 3.63) is 47.3 Å². The van der Waals surface area contributed by atoms with E-state index in [4.69, 9.17) is 16.0 Å². The molecule has 4 heterocycles. The first-order valence-corrected chi connectivity index (χ1v) is 11.3. The molecule has 4 rings (SSSR count). The SMILES string of the molecule is CS(=O)(=O)N[C@@H]1CCN(C(=O)c2nc3c(C(F)(F)F)cc(-c4ccoc4)cn3c2Cl)C1. The summed E-state index contributed by atoms with van der Waals surface area (Å²) in [4.78, 5) is 18.1. The lowest BCUT2D eigenvalue weighted by molar-refractivity contribution is -0.136. The molecule has 1 saturated heterocycles. The molecule has 1 atom stereocenters. The number of hydrogen-bond acceptors (Lipinski definition) is 5. The number of likely N-dealkylation sites (tertiary alicyclic amines) is 1. The predicted octanol–water partition coefficient (Wildman–Crippen LogP) is 3.03. The van der Waals surface area contributed by atoms with Crippen LogP contribution in [-0.4, -0.2) is 54.0 Å². The topological polar surface area (TPSA) is 96.9 Å². The summed E-state index contributed by atoms with van der Waals surface area (Å²) >= 11 is 6.28. The molecule has 3 aromatic heterocycles. The van der Waals surface area contributed by atoms with Crippen molar-refractivity contribution >= 4 is 33.2 Å². The van der Waals surface area contributed by atoms with Crippen molar-refractivity contribution in [3.63, 3.8) is 0 Å². The number of carbonyl (C=O) groups excluding carboxylic acids is 1. The molecule has 1 N–H and O–H groups in total. The van der Waals surface area contributed by atoms with Crippen LogP contribution in [-0.2, 0) is 16.2 Å². The average molecular weight is 477 g/mol. The molecule has 8 nitrogen and oxygen atoms in total. The van der Waals surface area contributed by atoms with Crippen LogP contribution in [0.4, 0.5) is 13.2 Å². The summed E-state index contributed by atoms with van der Waals surface area (Å²) < 4.78 is 72.3. The Balaban J connectivity index is 1.74. The number of sulfonamides is 1. The Labute approximate surface area is 179 Å². The summed E-state index contributed by atoms with van der Waals surface area (Å²) in [6, 6.07) is 1.92. The minimum Gasteiger partial charge on any atom is -0.472 e. The van der Waals surface area contributed by atoms with Crippen LogP contribution in [0.2, 0.25) is 5.15 Å². The Kier molecular flexibility index (Phi) is 5.26. The van der Waals surface area contributed by atoms with Crippen molar-refractivity contribution in [2.24, 2.45) is 0 Å². The van der Waals surface area contributed by atoms with Gasteiger partial charge in [0, 0.05) is 36.5 Å². The lowest BCUT2D eigenvalue weighted by Gasteiger charge is -2.15. The second kappa shape index (κ2) is 7.53. The van der Waals surface area contributed by atoms with E-state index in [-0.39, 0.29) is 29.5 Å². The molecule has 0 saturated carbocycles. The number of aromatic nitrogens is 2. The number of nitrogens with zero attached hydrogens (tertiary/aromatic N) is 3. The van der Waals surface area contributed by atoms with Crippen LogP contribution < -0.4 is 4.72 Å². The number of alkyl halides is 3. The molecule has 166 valence electrons. The highest BCUT2D eigenvalue weighted by molar-refractivity contribution is 7.88. The van der Waals surface area contributed by atoms with Gasteiger partial charge in [-0.2, -0.15) is 13.2 Å². The van der Waals surface area contributed by atoms with E-state index in [1.54, 1.807) is 0 Å². The Morgan fingerprint density at radius 3 is 2.71 bits per heavy atom. The van der Waals surface area contributed by atoms with Crippen LogP contribution in [0, 0.1) is 0 Å². The van der Waals surface area contributed by atoms with Gasteiger partial charge in [-0.3, -0.25) is 9.20 Å². The standard InChI is InChI=1S/C18H16ClF3N4O4S/c1-31(28,29)24-12-2-4-25(8-12)17(27)14-15(19)26-7-11(10-3-5-30-9-10)6-13(16(26)23-14)18(20,21)22/h3,5-7,9,12,24H,2,4,8H2,1H3/t12-/m1/s1. The molecular weight excluding hydrogens is 461 g/mol. The number of imidazole rings is 1. The zero-order valence-corrected chi connectivity index (χ0v) is 17.6. The number of rotatable bonds is 4. The Hall–Kier alpha value is -2.57. The maximum Gasteiger partial charge on any atom is 0.420 e. The van der Waals surface area contributed by atoms with E-state index in [1.807, 2.05) is 0 Å². The molecule has 0 radical (unpaired) electrons. The zero-order valence-electron chi connectivity index (χ0n) is 16.0. The van der Waals surface area contributed by atoms with Crippen molar-refractivity contribution in [2.75, 3.05) is 19.3 Å². The lowest BCUT2D eigenvalue weighted by Crippen LogP contribution is -2.38. The van der Waals surface area contributed by atoms with Gasteiger partial charge in [-0.15, -0.1) is 0 Å². The molecule has 31 heavy (non-hydrogen) atoms. The number of hydrogen-bond donors (Lipinski definition) is 1. The molecule has 0 spiro atoms. The van der Waals surface area contributed by atoms with Gasteiger partial charge in [-0.25, -0.2) is 18.1 Å². The number of pyridine rings is 1. The second-order valence-corrected chi connectivity index (χ2v) is 9.36. The van der Waals surface area contributed by atoms with Crippen molar-refractivity contribution < 1.29 is 30.8 Å². The van der Waals surface area contributed by atoms with Gasteiger partial charge in [0.2, 0.25) is 10.0 Å². The molecule has 0 aliphatic carbocycles. The fourth-order valence-electron chi connectivity index (χ4n) is 3.54. The fourth-order valence-corrected chi connectivity index (χ4v) is 4.59. The Bertz CT molecular complexity index is 1260. The minimum absolute atomic E-state index is 0.0580. The highest BCUT2D eigenvalue weighted by Crippen LogP contribution is 2.37. The Morgan fingerprint density at radius 2 is 2.10 bits per heavy atom. The molecule has 1 amide bonds. The number of halogens is 4. The van der Waals surface area contributed by atoms with E-state index in [1.165, 1.54) is 29.7 Å². The van der Waals surface area contributed by atoms with Gasteiger partial charge in [0.1, 0.15) is 5.15 Å². The van der Waals surface area contributed by atoms with E-state index in [2.05, 4.69) is 9.71 Å². The summed E-state index contributed by atoms with van der Waals surface area (Å²) in [5.41, 5.74) is -1.30. The lowest BCUT2D eigenvalue weighted by atomic mass is 10.1. The van der Waals surface area contributed by atoms with E-state index in [0.29, 0.717) is 12.0 Å². The molecule has 1 fully saturated rings. The summed E-state index contributed by atoms with van der Waals surface area (Å²) in [6.07, 6.45) is 0.589. The zero-order chi connectivity index (χ0) is 22.6. The summed E-state index contributed by atoms with van der Waals surface area (Å²) in [5, 5.41) is -0.268. The van der Waals surface area contributed by atoms with Crippen LogP contribution in [0.25, 0.3) is 16.8 Å². The highest BCUT2D eigenvalue weighted by atomic mass is 35.5. The third-order valence-corrected chi connectivity index (χ3v) is 6.00. The monoisotopic (exact) mass is 476 g/mol. The molecule has 0 unspecified atom stereocenters. The van der Waals surface area contributed by atoms with Crippen LogP contribution in [0.5, 0.6) is 0 Å². The van der Waals surface area contributed by atoms with E-state index in [9.17, 15) is 26.4 Å². The number of carbonyl (C=O) groups is 1. The van der Waals surface area contributed by atoms with Crippen molar-refractivity contribution in [2.45, 2.75) is 18.6 Å². The summed E-state index contributed by atoms with van der Waals surface area (Å²) in [6.45, 7) is 0.269. The first-order valence-electron chi connectivity index (χ1n) is 9.02. The van der Waals surface area contributed by atoms with Gasteiger partial charge in [0.25, 0.3) is 5.91 Å². The highest BCUT2D eigenvalue weighted by Gasteiger charge is 2.37. The minimum atomic E-state index is -4.74.